The van der Waals surface area contributed by atoms with Gasteiger partial charge in [-0.15, -0.1) is 0 Å². The number of carbonyl (C=O) groups excluding carboxylic acids is 2. The van der Waals surface area contributed by atoms with Crippen LogP contribution in [-0.4, -0.2) is 11.6 Å². The number of ketones is 2. The van der Waals surface area contributed by atoms with Crippen LogP contribution in [0.4, 0.5) is 0 Å². The minimum absolute atomic E-state index is 0.159. The third-order valence-electron chi connectivity index (χ3n) is 3.56. The van der Waals surface area contributed by atoms with Crippen LogP contribution in [0.2, 0.25) is 0 Å². The van der Waals surface area contributed by atoms with E-state index in [4.69, 9.17) is 4.74 Å². The number of carbonyl (C=O) groups is 2. The molecule has 0 aliphatic carbocycles. The SMILES string of the molecule is CC(=O)[C@@H]1C(=O)c2ccccc2O[C@H]1c1ccccc1. The number of Topliss-reactive ketones (excluding diaryl/α,β-unsaturated/α-hetero) is 2. The van der Waals surface area contributed by atoms with Crippen molar-refractivity contribution in [3.05, 3.63) is 65.7 Å². The summed E-state index contributed by atoms with van der Waals surface area (Å²) in [5, 5.41) is 0. The monoisotopic (exact) mass is 266 g/mol. The Labute approximate surface area is 117 Å². The molecule has 1 aliphatic heterocycles. The molecule has 3 rings (SSSR count). The smallest absolute Gasteiger partial charge is 0.181 e. The van der Waals surface area contributed by atoms with Crippen molar-refractivity contribution in [1.82, 2.24) is 0 Å². The molecule has 0 spiro atoms. The molecule has 1 heterocycles. The van der Waals surface area contributed by atoms with Crippen LogP contribution in [0.3, 0.4) is 0 Å². The average molecular weight is 266 g/mol. The number of para-hydroxylation sites is 1. The lowest BCUT2D eigenvalue weighted by atomic mass is 9.83. The molecule has 0 amide bonds. The van der Waals surface area contributed by atoms with Crippen molar-refractivity contribution >= 4 is 11.6 Å². The number of fused-ring (bicyclic) bond motifs is 1. The first kappa shape index (κ1) is 12.6. The maximum atomic E-state index is 12.5. The van der Waals surface area contributed by atoms with Gasteiger partial charge in [-0.2, -0.15) is 0 Å². The van der Waals surface area contributed by atoms with Gasteiger partial charge in [0.25, 0.3) is 0 Å². The fourth-order valence-corrected chi connectivity index (χ4v) is 2.58. The molecule has 100 valence electrons. The van der Waals surface area contributed by atoms with E-state index in [1.807, 2.05) is 36.4 Å². The van der Waals surface area contributed by atoms with Crippen molar-refractivity contribution in [1.29, 1.82) is 0 Å². The molecule has 0 saturated carbocycles. The van der Waals surface area contributed by atoms with E-state index in [9.17, 15) is 9.59 Å². The second-order valence-corrected chi connectivity index (χ2v) is 4.90. The lowest BCUT2D eigenvalue weighted by Gasteiger charge is -2.31. The maximum Gasteiger partial charge on any atom is 0.181 e. The van der Waals surface area contributed by atoms with E-state index in [2.05, 4.69) is 0 Å². The molecule has 1 aliphatic rings. The third-order valence-corrected chi connectivity index (χ3v) is 3.56. The topological polar surface area (TPSA) is 43.4 Å². The first-order valence-corrected chi connectivity index (χ1v) is 6.54. The normalized spacial score (nSPS) is 20.9. The van der Waals surface area contributed by atoms with Crippen molar-refractivity contribution in [2.75, 3.05) is 0 Å². The Hall–Kier alpha value is -2.42. The minimum Gasteiger partial charge on any atom is -0.484 e. The number of ether oxygens (including phenoxy) is 1. The van der Waals surface area contributed by atoms with Gasteiger partial charge in [0.2, 0.25) is 0 Å². The molecule has 3 nitrogen and oxygen atoms in total. The number of rotatable bonds is 2. The van der Waals surface area contributed by atoms with E-state index in [1.54, 1.807) is 18.2 Å². The number of hydrogen-bond donors (Lipinski definition) is 0. The third kappa shape index (κ3) is 2.01. The summed E-state index contributed by atoms with van der Waals surface area (Å²) in [7, 11) is 0. The molecule has 3 heteroatoms. The Morgan fingerprint density at radius 1 is 1.00 bits per heavy atom. The molecular formula is C17H14O3. The molecule has 2 aromatic carbocycles. The van der Waals surface area contributed by atoms with Gasteiger partial charge in [-0.05, 0) is 24.6 Å². The van der Waals surface area contributed by atoms with Gasteiger partial charge >= 0.3 is 0 Å². The summed E-state index contributed by atoms with van der Waals surface area (Å²) in [6.07, 6.45) is -0.545. The molecule has 0 aromatic heterocycles. The molecule has 0 unspecified atom stereocenters. The van der Waals surface area contributed by atoms with Crippen LogP contribution < -0.4 is 4.74 Å². The average Bonchev–Trinajstić information content (AvgIpc) is 2.47. The Balaban J connectivity index is 2.11. The van der Waals surface area contributed by atoms with Gasteiger partial charge in [0, 0.05) is 0 Å². The summed E-state index contributed by atoms with van der Waals surface area (Å²) in [5.74, 6) is -0.553. The lowest BCUT2D eigenvalue weighted by Crippen LogP contribution is -2.36. The highest BCUT2D eigenvalue weighted by molar-refractivity contribution is 6.12. The summed E-state index contributed by atoms with van der Waals surface area (Å²) in [4.78, 5) is 24.4. The first-order chi connectivity index (χ1) is 9.68. The highest BCUT2D eigenvalue weighted by Crippen LogP contribution is 2.38. The molecule has 20 heavy (non-hydrogen) atoms. The molecule has 0 saturated heterocycles. The van der Waals surface area contributed by atoms with Crippen LogP contribution in [0.15, 0.2) is 54.6 Å². The summed E-state index contributed by atoms with van der Waals surface area (Å²) in [6.45, 7) is 1.44. The number of hydrogen-bond acceptors (Lipinski definition) is 3. The highest BCUT2D eigenvalue weighted by Gasteiger charge is 2.40. The van der Waals surface area contributed by atoms with E-state index in [0.29, 0.717) is 11.3 Å². The van der Waals surface area contributed by atoms with E-state index in [-0.39, 0.29) is 11.6 Å². The van der Waals surface area contributed by atoms with Crippen LogP contribution in [0.25, 0.3) is 0 Å². The molecule has 0 radical (unpaired) electrons. The van der Waals surface area contributed by atoms with Crippen molar-refractivity contribution in [2.24, 2.45) is 5.92 Å². The fraction of sp³-hybridized carbons (Fsp3) is 0.176. The predicted octanol–water partition coefficient (Wildman–Crippen LogP) is 3.21. The van der Waals surface area contributed by atoms with Gasteiger partial charge in [0.15, 0.2) is 5.78 Å². The minimum atomic E-state index is -0.771. The second kappa shape index (κ2) is 4.93. The van der Waals surface area contributed by atoms with Crippen LogP contribution in [-0.2, 0) is 4.79 Å². The summed E-state index contributed by atoms with van der Waals surface area (Å²) >= 11 is 0. The quantitative estimate of drug-likeness (QED) is 0.784. The van der Waals surface area contributed by atoms with Gasteiger partial charge in [-0.3, -0.25) is 9.59 Å². The van der Waals surface area contributed by atoms with Crippen molar-refractivity contribution in [3.63, 3.8) is 0 Å². The van der Waals surface area contributed by atoms with Crippen molar-refractivity contribution < 1.29 is 14.3 Å². The summed E-state index contributed by atoms with van der Waals surface area (Å²) in [5.41, 5.74) is 1.33. The second-order valence-electron chi connectivity index (χ2n) is 4.90. The zero-order valence-electron chi connectivity index (χ0n) is 11.1. The van der Waals surface area contributed by atoms with Crippen LogP contribution in [0, 0.1) is 5.92 Å². The largest absolute Gasteiger partial charge is 0.484 e. The Morgan fingerprint density at radius 3 is 2.35 bits per heavy atom. The highest BCUT2D eigenvalue weighted by atomic mass is 16.5. The van der Waals surface area contributed by atoms with Gasteiger partial charge in [0.05, 0.1) is 5.56 Å². The first-order valence-electron chi connectivity index (χ1n) is 6.54. The van der Waals surface area contributed by atoms with E-state index >= 15 is 0 Å². The van der Waals surface area contributed by atoms with E-state index in [1.165, 1.54) is 6.92 Å². The van der Waals surface area contributed by atoms with Crippen LogP contribution in [0.1, 0.15) is 28.9 Å². The molecular weight excluding hydrogens is 252 g/mol. The molecule has 2 aromatic rings. The Morgan fingerprint density at radius 2 is 1.65 bits per heavy atom. The molecule has 2 atom stereocenters. The van der Waals surface area contributed by atoms with E-state index < -0.39 is 12.0 Å². The fourth-order valence-electron chi connectivity index (χ4n) is 2.58. The molecule has 0 fully saturated rings. The maximum absolute atomic E-state index is 12.5. The Bertz CT molecular complexity index is 661. The predicted molar refractivity (Wildman–Crippen MR) is 74.8 cm³/mol. The zero-order chi connectivity index (χ0) is 14.1. The summed E-state index contributed by atoms with van der Waals surface area (Å²) in [6, 6.07) is 16.5. The van der Waals surface area contributed by atoms with Gasteiger partial charge in [-0.25, -0.2) is 0 Å². The van der Waals surface area contributed by atoms with Gasteiger partial charge in [-0.1, -0.05) is 42.5 Å². The van der Waals surface area contributed by atoms with Gasteiger partial charge < -0.3 is 4.74 Å². The van der Waals surface area contributed by atoms with E-state index in [0.717, 1.165) is 5.56 Å². The molecule has 0 N–H and O–H groups in total. The van der Waals surface area contributed by atoms with Crippen LogP contribution >= 0.6 is 0 Å². The number of benzene rings is 2. The zero-order valence-corrected chi connectivity index (χ0v) is 11.1. The summed E-state index contributed by atoms with van der Waals surface area (Å²) < 4.78 is 5.92. The molecule has 0 bridgehead atoms. The standard InChI is InChI=1S/C17H14O3/c1-11(18)15-16(19)13-9-5-6-10-14(13)20-17(15)12-7-3-2-4-8-12/h2-10,15,17H,1H3/t15-,17+/m1/s1. The van der Waals surface area contributed by atoms with Gasteiger partial charge in [0.1, 0.15) is 23.6 Å². The van der Waals surface area contributed by atoms with Crippen molar-refractivity contribution in [3.8, 4) is 5.75 Å². The van der Waals surface area contributed by atoms with Crippen molar-refractivity contribution in [2.45, 2.75) is 13.0 Å². The Kier molecular flexibility index (Phi) is 3.11. The lowest BCUT2D eigenvalue weighted by molar-refractivity contribution is -0.122. The van der Waals surface area contributed by atoms with Crippen LogP contribution in [0.5, 0.6) is 5.75 Å².